The lowest BCUT2D eigenvalue weighted by Crippen LogP contribution is -2.31. The van der Waals surface area contributed by atoms with Gasteiger partial charge in [0, 0.05) is 0 Å². The Bertz CT molecular complexity index is 408. The van der Waals surface area contributed by atoms with Gasteiger partial charge < -0.3 is 32.5 Å². The van der Waals surface area contributed by atoms with Crippen LogP contribution < -0.4 is 0 Å². The quantitative estimate of drug-likeness (QED) is 0.227. The van der Waals surface area contributed by atoms with Crippen LogP contribution in [-0.4, -0.2) is 94.6 Å². The third-order valence-corrected chi connectivity index (χ3v) is 4.45. The molecule has 0 saturated carbocycles. The lowest BCUT2D eigenvalue weighted by Gasteiger charge is -2.17. The predicted molar refractivity (Wildman–Crippen MR) is 113 cm³/mol. The normalized spacial score (nSPS) is 12.1. The molecule has 0 aliphatic carbocycles. The van der Waals surface area contributed by atoms with Gasteiger partial charge in [-0.3, -0.25) is 9.59 Å². The largest absolute Gasteiger partial charge is 0.518 e. The maximum atomic E-state index is 11.4. The van der Waals surface area contributed by atoms with E-state index >= 15 is 0 Å². The van der Waals surface area contributed by atoms with Crippen molar-refractivity contribution < 1.29 is 42.1 Å². The Labute approximate surface area is 176 Å². The highest BCUT2D eigenvalue weighted by Crippen LogP contribution is 2.03. The van der Waals surface area contributed by atoms with Crippen molar-refractivity contribution in [3.63, 3.8) is 0 Å². The van der Waals surface area contributed by atoms with Crippen LogP contribution in [-0.2, 0) is 42.1 Å². The molecule has 0 atom stereocenters. The van der Waals surface area contributed by atoms with Crippen LogP contribution in [0.1, 0.15) is 0 Å². The zero-order valence-corrected chi connectivity index (χ0v) is 20.7. The van der Waals surface area contributed by atoms with Crippen LogP contribution in [0.4, 0.5) is 0 Å². The van der Waals surface area contributed by atoms with Gasteiger partial charge >= 0.3 is 11.9 Å². The summed E-state index contributed by atoms with van der Waals surface area (Å²) in [5, 5.41) is 0. The number of hydrogen-bond donors (Lipinski definition) is 0. The summed E-state index contributed by atoms with van der Waals surface area (Å²) >= 11 is 0. The van der Waals surface area contributed by atoms with Gasteiger partial charge in [0.25, 0.3) is 0 Å². The Kier molecular flexibility index (Phi) is 15.5. The molecule has 0 aromatic rings. The highest BCUT2D eigenvalue weighted by Gasteiger charge is 2.20. The molecule has 0 bridgehead atoms. The van der Waals surface area contributed by atoms with Crippen LogP contribution in [0.5, 0.6) is 0 Å². The minimum Gasteiger partial charge on any atom is -0.518 e. The molecular formula is C18H38O9Si2. The fourth-order valence-electron chi connectivity index (χ4n) is 1.83. The summed E-state index contributed by atoms with van der Waals surface area (Å²) in [4.78, 5) is 22.9. The van der Waals surface area contributed by atoms with E-state index in [1.165, 1.54) is 0 Å². The average molecular weight is 455 g/mol. The molecule has 9 nitrogen and oxygen atoms in total. The maximum Gasteiger partial charge on any atom is 0.318 e. The molecule has 0 N–H and O–H groups in total. The van der Waals surface area contributed by atoms with E-state index in [1.807, 2.05) is 39.3 Å². The third kappa shape index (κ3) is 23.3. The molecule has 0 aromatic heterocycles. The molecular weight excluding hydrogens is 416 g/mol. The SMILES string of the molecule is C[Si](C)(C)OC(=O)COCCOCCOCCOCCOCC(=O)O[Si](C)(C)C. The Morgan fingerprint density at radius 1 is 0.483 bits per heavy atom. The summed E-state index contributed by atoms with van der Waals surface area (Å²) in [7, 11) is -3.70. The molecule has 172 valence electrons. The topological polar surface area (TPSA) is 98.8 Å². The van der Waals surface area contributed by atoms with Gasteiger partial charge in [-0.25, -0.2) is 0 Å². The van der Waals surface area contributed by atoms with E-state index in [-0.39, 0.29) is 25.2 Å². The Morgan fingerprint density at radius 2 is 0.724 bits per heavy atom. The van der Waals surface area contributed by atoms with Crippen molar-refractivity contribution in [1.29, 1.82) is 0 Å². The second-order valence-corrected chi connectivity index (χ2v) is 17.0. The molecule has 0 spiro atoms. The molecule has 29 heavy (non-hydrogen) atoms. The fraction of sp³-hybridized carbons (Fsp3) is 0.889. The second kappa shape index (κ2) is 15.9. The molecule has 0 heterocycles. The minimum atomic E-state index is -1.85. The van der Waals surface area contributed by atoms with Gasteiger partial charge in [-0.2, -0.15) is 0 Å². The molecule has 0 radical (unpaired) electrons. The van der Waals surface area contributed by atoms with E-state index in [0.717, 1.165) is 0 Å². The summed E-state index contributed by atoms with van der Waals surface area (Å²) in [6, 6.07) is 0. The molecule has 0 aromatic carbocycles. The van der Waals surface area contributed by atoms with Crippen LogP contribution in [0.3, 0.4) is 0 Å². The zero-order valence-electron chi connectivity index (χ0n) is 18.7. The highest BCUT2D eigenvalue weighted by molar-refractivity contribution is 6.71. The van der Waals surface area contributed by atoms with Crippen LogP contribution in [0.25, 0.3) is 0 Å². The first-order chi connectivity index (χ1) is 13.5. The van der Waals surface area contributed by atoms with Crippen molar-refractivity contribution in [2.24, 2.45) is 0 Å². The van der Waals surface area contributed by atoms with Crippen molar-refractivity contribution in [2.75, 3.05) is 66.1 Å². The summed E-state index contributed by atoms with van der Waals surface area (Å²) in [6.07, 6.45) is 0. The van der Waals surface area contributed by atoms with Crippen molar-refractivity contribution in [2.45, 2.75) is 39.3 Å². The van der Waals surface area contributed by atoms with E-state index < -0.39 is 16.6 Å². The van der Waals surface area contributed by atoms with Crippen LogP contribution in [0.15, 0.2) is 0 Å². The van der Waals surface area contributed by atoms with Crippen LogP contribution in [0.2, 0.25) is 39.3 Å². The Hall–Kier alpha value is -0.826. The molecule has 0 rings (SSSR count). The number of ether oxygens (including phenoxy) is 5. The van der Waals surface area contributed by atoms with Crippen molar-refractivity contribution in [3.05, 3.63) is 0 Å². The van der Waals surface area contributed by atoms with Gasteiger partial charge in [0.15, 0.2) is 0 Å². The molecule has 0 aliphatic rings. The smallest absolute Gasteiger partial charge is 0.318 e. The maximum absolute atomic E-state index is 11.4. The van der Waals surface area contributed by atoms with Crippen molar-refractivity contribution >= 4 is 28.6 Å². The average Bonchev–Trinajstić information content (AvgIpc) is 2.55. The first-order valence-electron chi connectivity index (χ1n) is 9.82. The van der Waals surface area contributed by atoms with E-state index in [2.05, 4.69) is 0 Å². The first-order valence-corrected chi connectivity index (χ1v) is 16.6. The molecule has 11 heteroatoms. The van der Waals surface area contributed by atoms with Crippen molar-refractivity contribution in [3.8, 4) is 0 Å². The Balaban J connectivity index is 3.26. The van der Waals surface area contributed by atoms with E-state index in [9.17, 15) is 9.59 Å². The molecule has 0 saturated heterocycles. The monoisotopic (exact) mass is 454 g/mol. The number of carbonyl (C=O) groups excluding carboxylic acids is 2. The van der Waals surface area contributed by atoms with Crippen molar-refractivity contribution in [1.82, 2.24) is 0 Å². The highest BCUT2D eigenvalue weighted by atomic mass is 28.4. The molecule has 0 fully saturated rings. The lowest BCUT2D eigenvalue weighted by molar-refractivity contribution is -0.141. The lowest BCUT2D eigenvalue weighted by atomic mass is 10.6. The standard InChI is InChI=1S/C18H38O9Si2/c1-28(2,3)26-17(19)15-24-13-11-22-9-7-21-8-10-23-12-14-25-16-18(20)27-29(4,5)6/h7-16H2,1-6H3. The summed E-state index contributed by atoms with van der Waals surface area (Å²) in [6.45, 7) is 14.8. The van der Waals surface area contributed by atoms with Gasteiger partial charge in [-0.15, -0.1) is 0 Å². The first kappa shape index (κ1) is 28.2. The predicted octanol–water partition coefficient (Wildman–Crippen LogP) is 1.83. The number of hydrogen-bond acceptors (Lipinski definition) is 9. The third-order valence-electron chi connectivity index (χ3n) is 2.77. The van der Waals surface area contributed by atoms with Crippen LogP contribution >= 0.6 is 0 Å². The molecule has 0 unspecified atom stereocenters. The van der Waals surface area contributed by atoms with E-state index in [1.54, 1.807) is 0 Å². The zero-order chi connectivity index (χ0) is 22.2. The summed E-state index contributed by atoms with van der Waals surface area (Å²) < 4.78 is 36.9. The van der Waals surface area contributed by atoms with Gasteiger partial charge in [0.05, 0.1) is 52.9 Å². The minimum absolute atomic E-state index is 0.0509. The van der Waals surface area contributed by atoms with E-state index in [4.69, 9.17) is 32.5 Å². The molecule has 0 amide bonds. The second-order valence-electron chi connectivity index (χ2n) is 8.12. The van der Waals surface area contributed by atoms with Gasteiger partial charge in [-0.1, -0.05) is 0 Å². The fourth-order valence-corrected chi connectivity index (χ4v) is 3.31. The summed E-state index contributed by atoms with van der Waals surface area (Å²) in [5.74, 6) is -0.659. The summed E-state index contributed by atoms with van der Waals surface area (Å²) in [5.41, 5.74) is 0. The van der Waals surface area contributed by atoms with Gasteiger partial charge in [-0.05, 0) is 39.3 Å². The Morgan fingerprint density at radius 3 is 0.966 bits per heavy atom. The number of rotatable bonds is 18. The van der Waals surface area contributed by atoms with E-state index in [0.29, 0.717) is 52.9 Å². The number of carbonyl (C=O) groups is 2. The van der Waals surface area contributed by atoms with Gasteiger partial charge in [0.1, 0.15) is 13.2 Å². The van der Waals surface area contributed by atoms with Gasteiger partial charge in [0.2, 0.25) is 16.6 Å². The van der Waals surface area contributed by atoms with Crippen LogP contribution in [0, 0.1) is 0 Å². The molecule has 0 aliphatic heterocycles.